The molecule has 0 aromatic heterocycles. The van der Waals surface area contributed by atoms with Crippen LogP contribution in [0.4, 0.5) is 0 Å². The summed E-state index contributed by atoms with van der Waals surface area (Å²) in [5.74, 6) is 0.895. The van der Waals surface area contributed by atoms with Crippen molar-refractivity contribution in [3.8, 4) is 5.75 Å². The lowest BCUT2D eigenvalue weighted by atomic mass is 10.0. The van der Waals surface area contributed by atoms with Crippen LogP contribution < -0.4 is 15.4 Å². The Hall–Kier alpha value is -1.55. The van der Waals surface area contributed by atoms with Gasteiger partial charge in [-0.3, -0.25) is 4.79 Å². The molecule has 0 heterocycles. The maximum Gasteiger partial charge on any atom is 0.239 e. The van der Waals surface area contributed by atoms with Crippen molar-refractivity contribution in [3.63, 3.8) is 0 Å². The summed E-state index contributed by atoms with van der Waals surface area (Å²) in [7, 11) is 3.45. The van der Waals surface area contributed by atoms with Gasteiger partial charge >= 0.3 is 0 Å². The Morgan fingerprint density at radius 2 is 1.79 bits per heavy atom. The minimum Gasteiger partial charge on any atom is -0.496 e. The van der Waals surface area contributed by atoms with E-state index in [-0.39, 0.29) is 5.91 Å². The highest BCUT2D eigenvalue weighted by molar-refractivity contribution is 5.85. The summed E-state index contributed by atoms with van der Waals surface area (Å²) in [5, 5.41) is 5.93. The highest BCUT2D eigenvalue weighted by atomic mass is 16.5. The second-order valence-corrected chi connectivity index (χ2v) is 5.32. The van der Waals surface area contributed by atoms with E-state index in [4.69, 9.17) is 4.74 Å². The molecular weight excluding hydrogens is 240 g/mol. The van der Waals surface area contributed by atoms with E-state index in [1.165, 1.54) is 0 Å². The molecular formula is C15H24N2O2. The molecule has 2 N–H and O–H groups in total. The maximum absolute atomic E-state index is 12.0. The lowest BCUT2D eigenvalue weighted by Gasteiger charge is -2.23. The Morgan fingerprint density at radius 3 is 2.21 bits per heavy atom. The monoisotopic (exact) mass is 264 g/mol. The van der Waals surface area contributed by atoms with E-state index in [1.54, 1.807) is 14.2 Å². The molecule has 1 aromatic rings. The standard InChI is InChI=1S/C15H24N2O2/c1-10-7-12(8-11(2)13(10)19-6)9-17-14(18)15(3,4)16-5/h7-8,16H,9H2,1-6H3,(H,17,18). The smallest absolute Gasteiger partial charge is 0.239 e. The van der Waals surface area contributed by atoms with E-state index >= 15 is 0 Å². The highest BCUT2D eigenvalue weighted by Crippen LogP contribution is 2.24. The number of rotatable bonds is 5. The second kappa shape index (κ2) is 6.06. The third-order valence-corrected chi connectivity index (χ3v) is 3.37. The number of nitrogens with one attached hydrogen (secondary N) is 2. The molecule has 0 unspecified atom stereocenters. The lowest BCUT2D eigenvalue weighted by molar-refractivity contribution is -0.126. The number of likely N-dealkylation sites (N-methyl/N-ethyl adjacent to an activating group) is 1. The van der Waals surface area contributed by atoms with Gasteiger partial charge in [-0.25, -0.2) is 0 Å². The van der Waals surface area contributed by atoms with Crippen molar-refractivity contribution in [3.05, 3.63) is 28.8 Å². The second-order valence-electron chi connectivity index (χ2n) is 5.32. The average molecular weight is 264 g/mol. The quantitative estimate of drug-likeness (QED) is 0.854. The number of hydrogen-bond acceptors (Lipinski definition) is 3. The van der Waals surface area contributed by atoms with Crippen LogP contribution in [0.5, 0.6) is 5.75 Å². The van der Waals surface area contributed by atoms with E-state index in [1.807, 2.05) is 39.8 Å². The molecule has 1 rings (SSSR count). The van der Waals surface area contributed by atoms with Gasteiger partial charge in [0.15, 0.2) is 0 Å². The summed E-state index contributed by atoms with van der Waals surface area (Å²) < 4.78 is 5.33. The van der Waals surface area contributed by atoms with Crippen LogP contribution >= 0.6 is 0 Å². The van der Waals surface area contributed by atoms with Crippen LogP contribution in [0.15, 0.2) is 12.1 Å². The number of aryl methyl sites for hydroxylation is 2. The van der Waals surface area contributed by atoms with Crippen LogP contribution in [0.25, 0.3) is 0 Å². The highest BCUT2D eigenvalue weighted by Gasteiger charge is 2.24. The zero-order valence-electron chi connectivity index (χ0n) is 12.7. The minimum atomic E-state index is -0.559. The Balaban J connectivity index is 2.77. The molecule has 0 spiro atoms. The fraction of sp³-hybridized carbons (Fsp3) is 0.533. The van der Waals surface area contributed by atoms with Gasteiger partial charge in [0.25, 0.3) is 0 Å². The average Bonchev–Trinajstić information content (AvgIpc) is 2.35. The van der Waals surface area contributed by atoms with E-state index in [0.29, 0.717) is 6.54 Å². The zero-order valence-corrected chi connectivity index (χ0v) is 12.7. The molecule has 4 nitrogen and oxygen atoms in total. The normalized spacial score (nSPS) is 11.3. The van der Waals surface area contributed by atoms with Gasteiger partial charge in [0.1, 0.15) is 5.75 Å². The van der Waals surface area contributed by atoms with Crippen LogP contribution in [0, 0.1) is 13.8 Å². The Kier molecular flexibility index (Phi) is 4.95. The Morgan fingerprint density at radius 1 is 1.26 bits per heavy atom. The molecule has 106 valence electrons. The first-order chi connectivity index (χ1) is 8.81. The largest absolute Gasteiger partial charge is 0.496 e. The van der Waals surface area contributed by atoms with Crippen LogP contribution in [0.2, 0.25) is 0 Å². The number of methoxy groups -OCH3 is 1. The summed E-state index contributed by atoms with van der Waals surface area (Å²) in [6.07, 6.45) is 0. The summed E-state index contributed by atoms with van der Waals surface area (Å²) in [6.45, 7) is 8.25. The number of hydrogen-bond donors (Lipinski definition) is 2. The topological polar surface area (TPSA) is 50.4 Å². The molecule has 0 radical (unpaired) electrons. The van der Waals surface area contributed by atoms with Crippen molar-refractivity contribution in [1.29, 1.82) is 0 Å². The van der Waals surface area contributed by atoms with Gasteiger partial charge in [0.05, 0.1) is 12.6 Å². The van der Waals surface area contributed by atoms with Crippen molar-refractivity contribution >= 4 is 5.91 Å². The molecule has 1 amide bonds. The van der Waals surface area contributed by atoms with Crippen molar-refractivity contribution < 1.29 is 9.53 Å². The van der Waals surface area contributed by atoms with Gasteiger partial charge in [-0.15, -0.1) is 0 Å². The summed E-state index contributed by atoms with van der Waals surface area (Å²) in [6, 6.07) is 4.08. The summed E-state index contributed by atoms with van der Waals surface area (Å²) >= 11 is 0. The first kappa shape index (κ1) is 15.5. The van der Waals surface area contributed by atoms with Crippen LogP contribution in [-0.2, 0) is 11.3 Å². The van der Waals surface area contributed by atoms with Crippen LogP contribution in [0.1, 0.15) is 30.5 Å². The molecule has 0 aliphatic carbocycles. The van der Waals surface area contributed by atoms with Gasteiger partial charge in [-0.1, -0.05) is 12.1 Å². The number of ether oxygens (including phenoxy) is 1. The molecule has 0 aliphatic heterocycles. The third-order valence-electron chi connectivity index (χ3n) is 3.37. The summed E-state index contributed by atoms with van der Waals surface area (Å²) in [5.41, 5.74) is 2.69. The maximum atomic E-state index is 12.0. The SMILES string of the molecule is CNC(C)(C)C(=O)NCc1cc(C)c(OC)c(C)c1. The van der Waals surface area contributed by atoms with E-state index < -0.39 is 5.54 Å². The fourth-order valence-electron chi connectivity index (χ4n) is 1.98. The van der Waals surface area contributed by atoms with E-state index in [9.17, 15) is 4.79 Å². The number of carbonyl (C=O) groups excluding carboxylic acids is 1. The van der Waals surface area contributed by atoms with Gasteiger partial charge in [-0.2, -0.15) is 0 Å². The molecule has 19 heavy (non-hydrogen) atoms. The van der Waals surface area contributed by atoms with Crippen LogP contribution in [0.3, 0.4) is 0 Å². The van der Waals surface area contributed by atoms with Gasteiger partial charge in [-0.05, 0) is 51.4 Å². The predicted octanol–water partition coefficient (Wildman–Crippen LogP) is 1.93. The van der Waals surface area contributed by atoms with Gasteiger partial charge in [0.2, 0.25) is 5.91 Å². The van der Waals surface area contributed by atoms with Crippen LogP contribution in [-0.4, -0.2) is 25.6 Å². The Labute approximate surface area is 115 Å². The van der Waals surface area contributed by atoms with Gasteiger partial charge < -0.3 is 15.4 Å². The molecule has 4 heteroatoms. The number of amides is 1. The molecule has 0 aliphatic rings. The molecule has 0 atom stereocenters. The first-order valence-electron chi connectivity index (χ1n) is 6.43. The fourth-order valence-corrected chi connectivity index (χ4v) is 1.98. The van der Waals surface area contributed by atoms with Crippen molar-refractivity contribution in [1.82, 2.24) is 10.6 Å². The minimum absolute atomic E-state index is 0.0128. The van der Waals surface area contributed by atoms with Crippen molar-refractivity contribution in [2.24, 2.45) is 0 Å². The first-order valence-corrected chi connectivity index (χ1v) is 6.43. The van der Waals surface area contributed by atoms with E-state index in [0.717, 1.165) is 22.4 Å². The predicted molar refractivity (Wildman–Crippen MR) is 77.5 cm³/mol. The third kappa shape index (κ3) is 3.70. The van der Waals surface area contributed by atoms with E-state index in [2.05, 4.69) is 10.6 Å². The zero-order chi connectivity index (χ0) is 14.6. The summed E-state index contributed by atoms with van der Waals surface area (Å²) in [4.78, 5) is 12.0. The molecule has 0 fully saturated rings. The number of carbonyl (C=O) groups is 1. The Bertz CT molecular complexity index is 444. The molecule has 0 saturated carbocycles. The van der Waals surface area contributed by atoms with Crippen molar-refractivity contribution in [2.45, 2.75) is 39.8 Å². The molecule has 1 aromatic carbocycles. The molecule has 0 saturated heterocycles. The molecule has 0 bridgehead atoms. The van der Waals surface area contributed by atoms with Gasteiger partial charge in [0, 0.05) is 6.54 Å². The number of benzene rings is 1. The van der Waals surface area contributed by atoms with Crippen molar-refractivity contribution in [2.75, 3.05) is 14.2 Å². The lowest BCUT2D eigenvalue weighted by Crippen LogP contribution is -2.50.